The fourth-order valence-electron chi connectivity index (χ4n) is 7.67. The molecule has 0 saturated carbocycles. The number of ketones is 2. The van der Waals surface area contributed by atoms with Gasteiger partial charge in [0, 0.05) is 14.2 Å². The molecule has 6 fully saturated rings. The highest BCUT2D eigenvalue weighted by Crippen LogP contribution is 2.52. The second kappa shape index (κ2) is 13.0. The van der Waals surface area contributed by atoms with Crippen LogP contribution in [0.2, 0.25) is 0 Å². The first-order valence-electron chi connectivity index (χ1n) is 16.9. The Hall–Kier alpha value is -4.63. The molecule has 7 rings (SSSR count). The van der Waals surface area contributed by atoms with Crippen molar-refractivity contribution in [1.82, 2.24) is 20.0 Å². The van der Waals surface area contributed by atoms with E-state index in [9.17, 15) is 53.1 Å². The summed E-state index contributed by atoms with van der Waals surface area (Å²) < 4.78 is 13.2. The Bertz CT molecular complexity index is 1920. The lowest BCUT2D eigenvalue weighted by molar-refractivity contribution is -0.263. The number of hydrogen-bond acceptors (Lipinski definition) is 16. The molecule has 0 aliphatic carbocycles. The molecule has 4 amide bonds. The van der Waals surface area contributed by atoms with Crippen LogP contribution in [0.1, 0.15) is 53.0 Å². The Labute approximate surface area is 325 Å². The maximum Gasteiger partial charge on any atom is 0.412 e. The predicted octanol–water partition coefficient (Wildman–Crippen LogP) is -0.422. The highest BCUT2D eigenvalue weighted by atomic mass is 32.2. The van der Waals surface area contributed by atoms with E-state index in [4.69, 9.17) is 14.2 Å². The molecular weight excluding hydrogens is 785 g/mol. The number of rotatable bonds is 10. The fraction of sp³-hybridized carbons (Fsp3) is 0.529. The van der Waals surface area contributed by atoms with Crippen LogP contribution in [-0.4, -0.2) is 140 Å². The molecule has 6 heterocycles. The molecule has 0 spiro atoms. The molecular formula is C34H34N4O14S3. The van der Waals surface area contributed by atoms with E-state index in [0.29, 0.717) is 0 Å². The fourth-order valence-corrected chi connectivity index (χ4v) is 12.2. The highest BCUT2D eigenvalue weighted by Gasteiger charge is 2.67. The van der Waals surface area contributed by atoms with Gasteiger partial charge in [0.15, 0.2) is 5.92 Å². The summed E-state index contributed by atoms with van der Waals surface area (Å²) in [6.07, 6.45) is 0. The lowest BCUT2D eigenvalue weighted by Crippen LogP contribution is -2.71. The maximum atomic E-state index is 14.1. The van der Waals surface area contributed by atoms with E-state index in [1.165, 1.54) is 24.3 Å². The Morgan fingerprint density at radius 3 is 1.64 bits per heavy atom. The monoisotopic (exact) mass is 818 g/mol. The minimum Gasteiger partial charge on any atom is -0.480 e. The van der Waals surface area contributed by atoms with Gasteiger partial charge in [-0.2, -0.15) is 0 Å². The van der Waals surface area contributed by atoms with Gasteiger partial charge in [-0.15, -0.1) is 35.3 Å². The van der Waals surface area contributed by atoms with Crippen LogP contribution >= 0.6 is 35.3 Å². The van der Waals surface area contributed by atoms with Crippen molar-refractivity contribution in [2.75, 3.05) is 0 Å². The van der Waals surface area contributed by atoms with E-state index in [2.05, 4.69) is 5.32 Å². The number of carbonyl (C=O) groups is 10. The highest BCUT2D eigenvalue weighted by molar-refractivity contribution is 8.03. The van der Waals surface area contributed by atoms with Crippen molar-refractivity contribution >= 4 is 94.4 Å². The molecule has 6 aliphatic heterocycles. The lowest BCUT2D eigenvalue weighted by Gasteiger charge is -2.43. The van der Waals surface area contributed by atoms with Gasteiger partial charge in [0.2, 0.25) is 11.8 Å². The minimum absolute atomic E-state index is 0.0505. The van der Waals surface area contributed by atoms with Gasteiger partial charge in [-0.1, -0.05) is 30.3 Å². The Morgan fingerprint density at radius 1 is 0.691 bits per heavy atom. The van der Waals surface area contributed by atoms with Gasteiger partial charge in [-0.3, -0.25) is 33.6 Å². The summed E-state index contributed by atoms with van der Waals surface area (Å²) in [6, 6.07) is 2.20. The van der Waals surface area contributed by atoms with E-state index < -0.39 is 126 Å². The Morgan fingerprint density at radius 2 is 1.16 bits per heavy atom. The van der Waals surface area contributed by atoms with E-state index in [1.807, 2.05) is 0 Å². The van der Waals surface area contributed by atoms with Crippen LogP contribution in [0.25, 0.3) is 0 Å². The number of ether oxygens (including phenoxy) is 3. The van der Waals surface area contributed by atoms with Crippen molar-refractivity contribution in [3.05, 3.63) is 35.9 Å². The number of Topliss-reactive ketones (excluding diaryl/α,β-unsaturated/α-hetero) is 2. The zero-order chi connectivity index (χ0) is 40.3. The van der Waals surface area contributed by atoms with E-state index in [0.717, 1.165) is 50.0 Å². The van der Waals surface area contributed by atoms with Crippen molar-refractivity contribution in [3.63, 3.8) is 0 Å². The van der Waals surface area contributed by atoms with E-state index >= 15 is 0 Å². The number of hydrogen-bond donors (Lipinski definition) is 2. The molecule has 55 heavy (non-hydrogen) atoms. The van der Waals surface area contributed by atoms with Gasteiger partial charge in [0.1, 0.15) is 40.3 Å². The molecule has 8 atom stereocenters. The average molecular weight is 819 g/mol. The summed E-state index contributed by atoms with van der Waals surface area (Å²) in [5, 5.41) is 9.58. The van der Waals surface area contributed by atoms with Crippen LogP contribution in [0.5, 0.6) is 0 Å². The molecule has 0 aromatic heterocycles. The summed E-state index contributed by atoms with van der Waals surface area (Å²) in [6.45, 7) is 7.06. The number of fused-ring (bicyclic) bond motifs is 3. The second-order valence-electron chi connectivity index (χ2n) is 15.1. The average Bonchev–Trinajstić information content (AvgIpc) is 3.64. The van der Waals surface area contributed by atoms with Crippen LogP contribution in [0.15, 0.2) is 30.3 Å². The summed E-state index contributed by atoms with van der Waals surface area (Å²) in [5.74, 6) is -12.0. The van der Waals surface area contributed by atoms with Gasteiger partial charge in [-0.25, -0.2) is 14.4 Å². The van der Waals surface area contributed by atoms with E-state index in [-0.39, 0.29) is 5.56 Å². The first kappa shape index (κ1) is 38.6. The quantitative estimate of drug-likeness (QED) is 0.100. The Balaban J connectivity index is 1.16. The molecule has 18 nitrogen and oxygen atoms in total. The number of amides is 4. The molecule has 2 N–H and O–H groups in total. The summed E-state index contributed by atoms with van der Waals surface area (Å²) in [5.41, 5.74) is 0.0505. The molecule has 0 bridgehead atoms. The van der Waals surface area contributed by atoms with Gasteiger partial charge < -0.3 is 39.3 Å². The minimum atomic E-state index is -2.52. The molecule has 2 unspecified atom stereocenters. The molecule has 6 saturated heterocycles. The molecule has 1 aromatic rings. The standard InChI is InChI=1S/C34H34N4O14S3/c1-32(2)17(27(45)46)36-21(42)14(24(36)53-32)35-20(41)13(12-10-8-7-9-11-12)28(47)50-31(51-29(48)18-33(3,4)54-25-15(39)22(43)37(18)25)52-30(49)19-34(5,6)55-26-16(40)23(44)38(19)26/h7-11,13-14,17-19,24-26,31H,1-6H3,(H,35,41)(H,45,46)/t13?,14?,17-,18-,19-,24+,25+,26+/m0/s1. The van der Waals surface area contributed by atoms with Crippen LogP contribution < -0.4 is 5.32 Å². The zero-order valence-electron chi connectivity index (χ0n) is 29.9. The van der Waals surface area contributed by atoms with Crippen LogP contribution in [0, 0.1) is 0 Å². The Kier molecular flexibility index (Phi) is 9.11. The van der Waals surface area contributed by atoms with Gasteiger partial charge in [0.25, 0.3) is 23.4 Å². The molecule has 0 radical (unpaired) electrons. The third-order valence-corrected chi connectivity index (χ3v) is 14.8. The number of nitrogens with zero attached hydrogens (tertiary/aromatic N) is 3. The van der Waals surface area contributed by atoms with Crippen molar-refractivity contribution in [1.29, 1.82) is 0 Å². The van der Waals surface area contributed by atoms with Crippen molar-refractivity contribution in [2.24, 2.45) is 0 Å². The third kappa shape index (κ3) is 5.96. The van der Waals surface area contributed by atoms with Gasteiger partial charge >= 0.3 is 30.4 Å². The number of aliphatic carboxylic acids is 1. The first-order chi connectivity index (χ1) is 25.6. The van der Waals surface area contributed by atoms with Crippen LogP contribution in [-0.2, 0) is 62.2 Å². The van der Waals surface area contributed by atoms with Crippen molar-refractivity contribution < 1.29 is 67.3 Å². The summed E-state index contributed by atoms with van der Waals surface area (Å²) in [4.78, 5) is 133. The maximum absolute atomic E-state index is 14.1. The van der Waals surface area contributed by atoms with Crippen molar-refractivity contribution in [3.8, 4) is 0 Å². The number of carboxylic acid groups (broad SMARTS) is 1. The van der Waals surface area contributed by atoms with Crippen LogP contribution in [0.3, 0.4) is 0 Å². The lowest BCUT2D eigenvalue weighted by atomic mass is 9.94. The van der Waals surface area contributed by atoms with Gasteiger partial charge in [-0.05, 0) is 47.1 Å². The zero-order valence-corrected chi connectivity index (χ0v) is 32.4. The summed E-state index contributed by atoms with van der Waals surface area (Å²) >= 11 is 3.20. The molecule has 1 aromatic carbocycles. The topological polar surface area (TPSA) is 240 Å². The first-order valence-corrected chi connectivity index (χ1v) is 19.5. The molecule has 6 aliphatic rings. The molecule has 292 valence electrons. The number of benzene rings is 1. The largest absolute Gasteiger partial charge is 0.480 e. The SMILES string of the molecule is CC1(C)S[C@@H]2C(=O)C(=O)N2[C@H]1C(=O)OC(OC(=O)C(C(=O)NC1C(=O)N2[C@@H]1SC(C)(C)[C@@H]2C(=O)O)c1ccccc1)OC(=O)[C@@H]1N2C(=O)C(=O)[C@H]2SC1(C)C. The third-order valence-electron chi connectivity index (χ3n) is 10.2. The smallest absolute Gasteiger partial charge is 0.412 e. The number of carboxylic acids is 1. The number of β-lactam (4-membered cyclic amide) rings is 3. The van der Waals surface area contributed by atoms with E-state index in [1.54, 1.807) is 47.6 Å². The summed E-state index contributed by atoms with van der Waals surface area (Å²) in [7, 11) is 0. The van der Waals surface area contributed by atoms with Gasteiger partial charge in [0.05, 0.1) is 0 Å². The normalized spacial score (nSPS) is 31.0. The number of nitrogens with one attached hydrogen (secondary N) is 1. The molecule has 21 heteroatoms. The number of esters is 3. The van der Waals surface area contributed by atoms with Crippen LogP contribution in [0.4, 0.5) is 0 Å². The predicted molar refractivity (Wildman–Crippen MR) is 189 cm³/mol. The van der Waals surface area contributed by atoms with Crippen molar-refractivity contribution in [2.45, 2.75) is 108 Å². The number of thioether (sulfide) groups is 3. The second-order valence-corrected chi connectivity index (χ2v) is 20.4. The number of carbonyl (C=O) groups excluding carboxylic acids is 9.